The maximum atomic E-state index is 10.7. The molecule has 0 unspecified atom stereocenters. The number of carbonyl (C=O) groups excluding carboxylic acids is 1. The summed E-state index contributed by atoms with van der Waals surface area (Å²) in [5.74, 6) is 0. The Balaban J connectivity index is 1.81. The summed E-state index contributed by atoms with van der Waals surface area (Å²) in [4.78, 5) is 12.3. The average Bonchev–Trinajstić information content (AvgIpc) is 2.44. The molecule has 4 nitrogen and oxygen atoms in total. The highest BCUT2D eigenvalue weighted by atomic mass is 16.5. The van der Waals surface area contributed by atoms with Crippen molar-refractivity contribution in [3.63, 3.8) is 0 Å². The van der Waals surface area contributed by atoms with Crippen LogP contribution in [-0.4, -0.2) is 48.3 Å². The van der Waals surface area contributed by atoms with E-state index >= 15 is 0 Å². The first-order valence-electron chi connectivity index (χ1n) is 7.17. The molecule has 1 aromatic carbocycles. The molecule has 1 aliphatic heterocycles. The Hall–Kier alpha value is -1.39. The lowest BCUT2D eigenvalue weighted by molar-refractivity contribution is -0.129. The maximum Gasteiger partial charge on any atom is 0.293 e. The molecule has 0 bridgehead atoms. The molecule has 1 aromatic rings. The third kappa shape index (κ3) is 4.32. The molecule has 0 atom stereocenters. The molecule has 1 fully saturated rings. The molecule has 0 amide bonds. The summed E-state index contributed by atoms with van der Waals surface area (Å²) in [5, 5.41) is 10.7. The van der Waals surface area contributed by atoms with Crippen LogP contribution < -0.4 is 0 Å². The van der Waals surface area contributed by atoms with Gasteiger partial charge in [-0.15, -0.1) is 0 Å². The van der Waals surface area contributed by atoms with Crippen LogP contribution in [0, 0.1) is 6.92 Å². The van der Waals surface area contributed by atoms with Gasteiger partial charge in [0.1, 0.15) is 6.61 Å². The quantitative estimate of drug-likeness (QED) is 0.633. The highest BCUT2D eigenvalue weighted by Crippen LogP contribution is 2.26. The summed E-state index contributed by atoms with van der Waals surface area (Å²) in [5.41, 5.74) is 1.83. The number of aryl methyl sites for hydroxylation is 1. The minimum atomic E-state index is -0.600. The number of likely N-dealkylation sites (tertiary alicyclic amines) is 1. The van der Waals surface area contributed by atoms with Crippen LogP contribution in [0.4, 0.5) is 0 Å². The van der Waals surface area contributed by atoms with Gasteiger partial charge >= 0.3 is 0 Å². The van der Waals surface area contributed by atoms with E-state index in [0.717, 1.165) is 32.5 Å². The number of hydrogen-bond donors (Lipinski definition) is 1. The van der Waals surface area contributed by atoms with E-state index in [0.29, 0.717) is 19.5 Å². The second-order valence-electron chi connectivity index (χ2n) is 5.70. The Kier molecular flexibility index (Phi) is 5.15. The summed E-state index contributed by atoms with van der Waals surface area (Å²) in [6.07, 6.45) is 2.25. The van der Waals surface area contributed by atoms with E-state index in [9.17, 15) is 9.90 Å². The number of rotatable bonds is 6. The standard InChI is InChI=1S/C16H23NO3/c1-14-2-4-15(5-3-14)12-16(19)6-8-17(9-7-16)10-11-20-13-18/h2-5,13,19H,6-12H2,1H3. The minimum Gasteiger partial charge on any atom is -0.467 e. The van der Waals surface area contributed by atoms with Crippen LogP contribution in [0.25, 0.3) is 0 Å². The molecule has 20 heavy (non-hydrogen) atoms. The number of hydrogen-bond acceptors (Lipinski definition) is 4. The van der Waals surface area contributed by atoms with Gasteiger partial charge in [0.25, 0.3) is 6.47 Å². The monoisotopic (exact) mass is 277 g/mol. The summed E-state index contributed by atoms with van der Waals surface area (Å²) in [6.45, 7) is 5.43. The number of nitrogens with zero attached hydrogens (tertiary/aromatic N) is 1. The molecule has 0 aliphatic carbocycles. The van der Waals surface area contributed by atoms with Crippen LogP contribution in [-0.2, 0) is 16.0 Å². The van der Waals surface area contributed by atoms with Crippen molar-refractivity contribution in [3.05, 3.63) is 35.4 Å². The molecule has 2 rings (SSSR count). The Morgan fingerprint density at radius 3 is 2.55 bits per heavy atom. The smallest absolute Gasteiger partial charge is 0.293 e. The van der Waals surface area contributed by atoms with Crippen LogP contribution in [0.15, 0.2) is 24.3 Å². The number of aliphatic hydroxyl groups is 1. The van der Waals surface area contributed by atoms with Gasteiger partial charge in [-0.3, -0.25) is 9.69 Å². The normalized spacial score (nSPS) is 18.7. The second-order valence-corrected chi connectivity index (χ2v) is 5.70. The van der Waals surface area contributed by atoms with Crippen LogP contribution in [0.1, 0.15) is 24.0 Å². The molecule has 0 radical (unpaired) electrons. The molecule has 0 saturated carbocycles. The lowest BCUT2D eigenvalue weighted by Crippen LogP contribution is -2.46. The molecule has 4 heteroatoms. The predicted molar refractivity (Wildman–Crippen MR) is 77.5 cm³/mol. The van der Waals surface area contributed by atoms with Gasteiger partial charge in [-0.05, 0) is 25.3 Å². The van der Waals surface area contributed by atoms with Gasteiger partial charge < -0.3 is 9.84 Å². The first kappa shape index (κ1) is 15.0. The summed E-state index contributed by atoms with van der Waals surface area (Å²) >= 11 is 0. The lowest BCUT2D eigenvalue weighted by atomic mass is 9.85. The van der Waals surface area contributed by atoms with Crippen LogP contribution in [0.5, 0.6) is 0 Å². The third-order valence-electron chi connectivity index (χ3n) is 4.03. The molecule has 1 heterocycles. The molecule has 1 saturated heterocycles. The Morgan fingerprint density at radius 1 is 1.30 bits per heavy atom. The van der Waals surface area contributed by atoms with Gasteiger partial charge in [0.2, 0.25) is 0 Å². The largest absolute Gasteiger partial charge is 0.467 e. The molecule has 0 spiro atoms. The summed E-state index contributed by atoms with van der Waals surface area (Å²) < 4.78 is 4.71. The van der Waals surface area contributed by atoms with Crippen LogP contribution >= 0.6 is 0 Å². The van der Waals surface area contributed by atoms with Crippen molar-refractivity contribution in [2.45, 2.75) is 31.8 Å². The fourth-order valence-corrected chi connectivity index (χ4v) is 2.69. The lowest BCUT2D eigenvalue weighted by Gasteiger charge is -2.38. The Labute approximate surface area is 120 Å². The van der Waals surface area contributed by atoms with E-state index in [2.05, 4.69) is 36.1 Å². The second kappa shape index (κ2) is 6.86. The summed E-state index contributed by atoms with van der Waals surface area (Å²) in [7, 11) is 0. The van der Waals surface area contributed by atoms with E-state index in [4.69, 9.17) is 4.74 Å². The van der Waals surface area contributed by atoms with Crippen LogP contribution in [0.2, 0.25) is 0 Å². The van der Waals surface area contributed by atoms with Gasteiger partial charge in [0.05, 0.1) is 5.60 Å². The zero-order valence-electron chi connectivity index (χ0n) is 12.0. The fourth-order valence-electron chi connectivity index (χ4n) is 2.69. The number of carbonyl (C=O) groups is 1. The highest BCUT2D eigenvalue weighted by molar-refractivity contribution is 5.36. The van der Waals surface area contributed by atoms with Crippen molar-refractivity contribution >= 4 is 6.47 Å². The maximum absolute atomic E-state index is 10.7. The third-order valence-corrected chi connectivity index (χ3v) is 4.03. The van der Waals surface area contributed by atoms with Gasteiger partial charge in [0, 0.05) is 26.1 Å². The van der Waals surface area contributed by atoms with Crippen molar-refractivity contribution in [1.82, 2.24) is 4.90 Å². The van der Waals surface area contributed by atoms with E-state index < -0.39 is 5.60 Å². The SMILES string of the molecule is Cc1ccc(CC2(O)CCN(CCOC=O)CC2)cc1. The average molecular weight is 277 g/mol. The predicted octanol–water partition coefficient (Wildman–Crippen LogP) is 1.54. The first-order valence-corrected chi connectivity index (χ1v) is 7.17. The molecule has 0 aromatic heterocycles. The van der Waals surface area contributed by atoms with Gasteiger partial charge in [-0.2, -0.15) is 0 Å². The van der Waals surface area contributed by atoms with Crippen molar-refractivity contribution in [2.24, 2.45) is 0 Å². The Bertz CT molecular complexity index is 422. The van der Waals surface area contributed by atoms with Gasteiger partial charge in [-0.25, -0.2) is 0 Å². The zero-order chi connectivity index (χ0) is 14.4. The number of benzene rings is 1. The van der Waals surface area contributed by atoms with Crippen molar-refractivity contribution in [3.8, 4) is 0 Å². The number of piperidine rings is 1. The molecular formula is C16H23NO3. The van der Waals surface area contributed by atoms with Gasteiger partial charge in [-0.1, -0.05) is 29.8 Å². The van der Waals surface area contributed by atoms with Crippen LogP contribution in [0.3, 0.4) is 0 Å². The highest BCUT2D eigenvalue weighted by Gasteiger charge is 2.32. The first-order chi connectivity index (χ1) is 9.61. The van der Waals surface area contributed by atoms with E-state index in [1.165, 1.54) is 11.1 Å². The number of ether oxygens (including phenoxy) is 1. The van der Waals surface area contributed by atoms with E-state index in [1.807, 2.05) is 0 Å². The molecule has 1 N–H and O–H groups in total. The Morgan fingerprint density at radius 2 is 1.95 bits per heavy atom. The molecular weight excluding hydrogens is 254 g/mol. The molecule has 110 valence electrons. The van der Waals surface area contributed by atoms with E-state index in [-0.39, 0.29) is 0 Å². The minimum absolute atomic E-state index is 0.430. The van der Waals surface area contributed by atoms with Crippen molar-refractivity contribution in [1.29, 1.82) is 0 Å². The van der Waals surface area contributed by atoms with Gasteiger partial charge in [0.15, 0.2) is 0 Å². The molecule has 1 aliphatic rings. The fraction of sp³-hybridized carbons (Fsp3) is 0.562. The zero-order valence-corrected chi connectivity index (χ0v) is 12.0. The van der Waals surface area contributed by atoms with Crippen molar-refractivity contribution in [2.75, 3.05) is 26.2 Å². The van der Waals surface area contributed by atoms with E-state index in [1.54, 1.807) is 0 Å². The van der Waals surface area contributed by atoms with Crippen molar-refractivity contribution < 1.29 is 14.6 Å². The summed E-state index contributed by atoms with van der Waals surface area (Å²) in [6, 6.07) is 8.37. The topological polar surface area (TPSA) is 49.8 Å².